The maximum atomic E-state index is 12.1. The van der Waals surface area contributed by atoms with Gasteiger partial charge in [-0.15, -0.1) is 24.8 Å². The molecule has 0 saturated carbocycles. The van der Waals surface area contributed by atoms with Gasteiger partial charge in [0.05, 0.1) is 19.1 Å². The number of methoxy groups -OCH3 is 1. The average molecular weight is 364 g/mol. The summed E-state index contributed by atoms with van der Waals surface area (Å²) in [5.74, 6) is 1.10. The van der Waals surface area contributed by atoms with Gasteiger partial charge >= 0.3 is 0 Å². The fraction of sp³-hybridized carbons (Fsp3) is 0.562. The number of benzene rings is 1. The molecule has 1 aromatic carbocycles. The second-order valence-corrected chi connectivity index (χ2v) is 5.69. The first-order valence-electron chi connectivity index (χ1n) is 7.40. The number of rotatable bonds is 6. The Morgan fingerprint density at radius 2 is 2.17 bits per heavy atom. The average Bonchev–Trinajstić information content (AvgIpc) is 3.01. The smallest absolute Gasteiger partial charge is 0.224 e. The third kappa shape index (κ3) is 6.18. The number of nitrogens with zero attached hydrogens (tertiary/aromatic N) is 1. The summed E-state index contributed by atoms with van der Waals surface area (Å²) in [6.45, 7) is 2.33. The fourth-order valence-corrected chi connectivity index (χ4v) is 2.67. The first-order valence-corrected chi connectivity index (χ1v) is 7.40. The van der Waals surface area contributed by atoms with Gasteiger partial charge in [-0.05, 0) is 44.8 Å². The van der Waals surface area contributed by atoms with Gasteiger partial charge in [-0.2, -0.15) is 0 Å². The predicted molar refractivity (Wildman–Crippen MR) is 97.9 cm³/mol. The van der Waals surface area contributed by atoms with Gasteiger partial charge in [-0.25, -0.2) is 0 Å². The van der Waals surface area contributed by atoms with Gasteiger partial charge in [-0.3, -0.25) is 4.79 Å². The zero-order chi connectivity index (χ0) is 15.2. The molecule has 0 radical (unpaired) electrons. The molecule has 1 saturated heterocycles. The van der Waals surface area contributed by atoms with Crippen LogP contribution in [0, 0.1) is 5.92 Å². The maximum absolute atomic E-state index is 12.1. The summed E-state index contributed by atoms with van der Waals surface area (Å²) in [6, 6.07) is 8.13. The largest absolute Gasteiger partial charge is 0.497 e. The number of carbonyl (C=O) groups excluding carboxylic acids is 1. The molecular formula is C16H27Cl2N3O2. The van der Waals surface area contributed by atoms with Gasteiger partial charge in [0.1, 0.15) is 5.75 Å². The third-order valence-electron chi connectivity index (χ3n) is 4.00. The molecule has 0 aromatic heterocycles. The van der Waals surface area contributed by atoms with Crippen molar-refractivity contribution in [2.75, 3.05) is 40.8 Å². The summed E-state index contributed by atoms with van der Waals surface area (Å²) in [7, 11) is 5.71. The summed E-state index contributed by atoms with van der Waals surface area (Å²) in [4.78, 5) is 14.2. The summed E-state index contributed by atoms with van der Waals surface area (Å²) >= 11 is 0. The van der Waals surface area contributed by atoms with Crippen molar-refractivity contribution in [1.29, 1.82) is 0 Å². The van der Waals surface area contributed by atoms with Gasteiger partial charge < -0.3 is 20.3 Å². The number of halogens is 2. The van der Waals surface area contributed by atoms with Crippen LogP contribution < -0.4 is 15.4 Å². The highest BCUT2D eigenvalue weighted by atomic mass is 35.5. The molecule has 2 N–H and O–H groups in total. The molecule has 1 fully saturated rings. The van der Waals surface area contributed by atoms with E-state index in [0.29, 0.717) is 6.54 Å². The molecule has 0 bridgehead atoms. The highest BCUT2D eigenvalue weighted by Gasteiger charge is 2.23. The van der Waals surface area contributed by atoms with Crippen LogP contribution in [0.25, 0.3) is 0 Å². The number of likely N-dealkylation sites (N-methyl/N-ethyl adjacent to an activating group) is 1. The molecule has 1 aliphatic rings. The molecule has 1 amide bonds. The van der Waals surface area contributed by atoms with Gasteiger partial charge in [0.15, 0.2) is 0 Å². The second kappa shape index (κ2) is 10.7. The van der Waals surface area contributed by atoms with Crippen molar-refractivity contribution >= 4 is 30.7 Å². The van der Waals surface area contributed by atoms with Crippen LogP contribution in [0.4, 0.5) is 0 Å². The van der Waals surface area contributed by atoms with Crippen molar-refractivity contribution in [3.8, 4) is 5.75 Å². The van der Waals surface area contributed by atoms with E-state index in [2.05, 4.69) is 21.6 Å². The molecule has 0 spiro atoms. The highest BCUT2D eigenvalue weighted by Crippen LogP contribution is 2.22. The first kappa shape index (κ1) is 22.0. The maximum Gasteiger partial charge on any atom is 0.224 e. The third-order valence-corrected chi connectivity index (χ3v) is 4.00. The molecule has 1 aromatic rings. The van der Waals surface area contributed by atoms with E-state index in [4.69, 9.17) is 4.74 Å². The standard InChI is InChI=1S/C16H25N3O2.2ClH/c1-19(2)15(12-5-4-6-14(9-12)21-3)11-18-16(20)13-7-8-17-10-13;;/h4-6,9,13,15,17H,7-8,10-11H2,1-3H3,(H,18,20);2*1H. The zero-order valence-electron chi connectivity index (χ0n) is 13.9. The minimum atomic E-state index is 0. The fourth-order valence-electron chi connectivity index (χ4n) is 2.67. The minimum Gasteiger partial charge on any atom is -0.497 e. The van der Waals surface area contributed by atoms with E-state index in [-0.39, 0.29) is 42.7 Å². The van der Waals surface area contributed by atoms with Crippen LogP contribution in [0.2, 0.25) is 0 Å². The molecular weight excluding hydrogens is 337 g/mol. The Morgan fingerprint density at radius 1 is 1.43 bits per heavy atom. The number of ether oxygens (including phenoxy) is 1. The lowest BCUT2D eigenvalue weighted by Gasteiger charge is -2.26. The van der Waals surface area contributed by atoms with E-state index in [0.717, 1.165) is 30.8 Å². The predicted octanol–water partition coefficient (Wildman–Crippen LogP) is 1.87. The quantitative estimate of drug-likeness (QED) is 0.809. The second-order valence-electron chi connectivity index (χ2n) is 5.69. The minimum absolute atomic E-state index is 0. The summed E-state index contributed by atoms with van der Waals surface area (Å²) < 4.78 is 5.28. The lowest BCUT2D eigenvalue weighted by atomic mass is 10.0. The van der Waals surface area contributed by atoms with Crippen molar-refractivity contribution in [2.24, 2.45) is 5.92 Å². The van der Waals surface area contributed by atoms with Gasteiger partial charge in [0.2, 0.25) is 5.91 Å². The Morgan fingerprint density at radius 3 is 2.74 bits per heavy atom. The molecule has 1 aliphatic heterocycles. The molecule has 2 unspecified atom stereocenters. The van der Waals surface area contributed by atoms with Crippen LogP contribution in [-0.2, 0) is 4.79 Å². The number of nitrogens with one attached hydrogen (secondary N) is 2. The van der Waals surface area contributed by atoms with E-state index >= 15 is 0 Å². The molecule has 2 rings (SSSR count). The van der Waals surface area contributed by atoms with Crippen molar-refractivity contribution < 1.29 is 9.53 Å². The number of hydrogen-bond acceptors (Lipinski definition) is 4. The Hall–Kier alpha value is -1.01. The highest BCUT2D eigenvalue weighted by molar-refractivity contribution is 5.85. The van der Waals surface area contributed by atoms with Crippen LogP contribution in [0.5, 0.6) is 5.75 Å². The lowest BCUT2D eigenvalue weighted by molar-refractivity contribution is -0.124. The lowest BCUT2D eigenvalue weighted by Crippen LogP contribution is -2.38. The normalized spacial score (nSPS) is 17.8. The molecule has 1 heterocycles. The molecule has 5 nitrogen and oxygen atoms in total. The Balaban J connectivity index is 0.00000242. The van der Waals surface area contributed by atoms with Crippen LogP contribution in [0.3, 0.4) is 0 Å². The summed E-state index contributed by atoms with van der Waals surface area (Å²) in [5.41, 5.74) is 1.14. The van der Waals surface area contributed by atoms with Gasteiger partial charge in [0, 0.05) is 13.1 Å². The van der Waals surface area contributed by atoms with Gasteiger partial charge in [0.25, 0.3) is 0 Å². The first-order chi connectivity index (χ1) is 10.1. The van der Waals surface area contributed by atoms with E-state index in [1.165, 1.54) is 0 Å². The summed E-state index contributed by atoms with van der Waals surface area (Å²) in [5, 5.41) is 6.30. The van der Waals surface area contributed by atoms with Crippen molar-refractivity contribution in [1.82, 2.24) is 15.5 Å². The van der Waals surface area contributed by atoms with E-state index < -0.39 is 0 Å². The Kier molecular flexibility index (Phi) is 10.2. The van der Waals surface area contributed by atoms with E-state index in [1.54, 1.807) is 7.11 Å². The number of amides is 1. The molecule has 23 heavy (non-hydrogen) atoms. The van der Waals surface area contributed by atoms with Crippen LogP contribution in [-0.4, -0.2) is 51.6 Å². The Bertz CT molecular complexity index is 480. The SMILES string of the molecule is COc1cccc(C(CNC(=O)C2CCNC2)N(C)C)c1.Cl.Cl. The topological polar surface area (TPSA) is 53.6 Å². The molecule has 0 aliphatic carbocycles. The van der Waals surface area contributed by atoms with E-state index in [1.807, 2.05) is 32.3 Å². The van der Waals surface area contributed by atoms with Crippen molar-refractivity contribution in [3.05, 3.63) is 29.8 Å². The zero-order valence-corrected chi connectivity index (χ0v) is 15.5. The molecule has 2 atom stereocenters. The van der Waals surface area contributed by atoms with Crippen LogP contribution in [0.15, 0.2) is 24.3 Å². The number of carbonyl (C=O) groups is 1. The van der Waals surface area contributed by atoms with E-state index in [9.17, 15) is 4.79 Å². The monoisotopic (exact) mass is 363 g/mol. The molecule has 7 heteroatoms. The van der Waals surface area contributed by atoms with Gasteiger partial charge in [-0.1, -0.05) is 12.1 Å². The molecule has 132 valence electrons. The van der Waals surface area contributed by atoms with Crippen LogP contribution in [0.1, 0.15) is 18.0 Å². The number of hydrogen-bond donors (Lipinski definition) is 2. The van der Waals surface area contributed by atoms with Crippen molar-refractivity contribution in [3.63, 3.8) is 0 Å². The Labute approximate surface area is 151 Å². The summed E-state index contributed by atoms with van der Waals surface area (Å²) in [6.07, 6.45) is 0.928. The van der Waals surface area contributed by atoms with Crippen LogP contribution >= 0.6 is 24.8 Å². The van der Waals surface area contributed by atoms with Crippen molar-refractivity contribution in [2.45, 2.75) is 12.5 Å².